The number of hydrogen-bond donors (Lipinski definition) is 3. The number of esters is 2. The topological polar surface area (TPSA) is 145 Å². The van der Waals surface area contributed by atoms with Gasteiger partial charge in [0.25, 0.3) is 10.0 Å². The van der Waals surface area contributed by atoms with E-state index in [0.717, 1.165) is 29.5 Å². The van der Waals surface area contributed by atoms with Gasteiger partial charge in [-0.2, -0.15) is 13.2 Å². The monoisotopic (exact) mass is 550 g/mol. The molecule has 35 heavy (non-hydrogen) atoms. The number of carbonyl (C=O) groups is 2. The summed E-state index contributed by atoms with van der Waals surface area (Å²) in [6.45, 7) is 0. The lowest BCUT2D eigenvalue weighted by molar-refractivity contribution is -0.193. The van der Waals surface area contributed by atoms with Gasteiger partial charge in [-0.1, -0.05) is 17.7 Å². The highest BCUT2D eigenvalue weighted by Gasteiger charge is 2.42. The first-order valence-electron chi connectivity index (χ1n) is 9.15. The average Bonchev–Trinajstić information content (AvgIpc) is 3.15. The predicted octanol–water partition coefficient (Wildman–Crippen LogP) is 4.41. The first kappa shape index (κ1) is 26.1. The molecule has 0 fully saturated rings. The Bertz CT molecular complexity index is 1420. The Morgan fingerprint density at radius 1 is 1.14 bits per heavy atom. The lowest BCUT2D eigenvalue weighted by Crippen LogP contribution is -2.28. The highest BCUT2D eigenvalue weighted by molar-refractivity contribution is 7.94. The summed E-state index contributed by atoms with van der Waals surface area (Å²) < 4.78 is 73.2. The Balaban J connectivity index is 1.83. The molecule has 0 spiro atoms. The van der Waals surface area contributed by atoms with Gasteiger partial charge in [0.15, 0.2) is 0 Å². The van der Waals surface area contributed by atoms with Crippen molar-refractivity contribution in [2.45, 2.75) is 10.4 Å². The van der Waals surface area contributed by atoms with Gasteiger partial charge in [0.2, 0.25) is 0 Å². The molecule has 3 rings (SSSR count). The molecular formula is C20H14ClF3N2O7S2. The molecule has 4 N–H and O–H groups in total. The number of nitrogen functional groups attached to an aromatic ring is 1. The summed E-state index contributed by atoms with van der Waals surface area (Å²) in [7, 11) is -2.80. The number of carbonyl (C=O) groups excluding carboxylic acids is 2. The molecule has 0 aliphatic rings. The lowest BCUT2D eigenvalue weighted by atomic mass is 10.1. The lowest BCUT2D eigenvalue weighted by Gasteiger charge is -2.10. The van der Waals surface area contributed by atoms with Crippen LogP contribution in [-0.2, 0) is 19.6 Å². The van der Waals surface area contributed by atoms with Gasteiger partial charge in [-0.15, -0.1) is 11.3 Å². The number of nitrogens with one attached hydrogen (secondary N) is 1. The van der Waals surface area contributed by atoms with Crippen molar-refractivity contribution in [1.29, 1.82) is 0 Å². The molecule has 0 bridgehead atoms. The number of aromatic hydroxyl groups is 1. The molecular weight excluding hydrogens is 537 g/mol. The zero-order valence-electron chi connectivity index (χ0n) is 17.3. The fraction of sp³-hybridized carbons (Fsp3) is 0.100. The van der Waals surface area contributed by atoms with Crippen LogP contribution in [0.5, 0.6) is 11.5 Å². The summed E-state index contributed by atoms with van der Waals surface area (Å²) in [5.74, 6) is -5.04. The minimum atomic E-state index is -5.42. The van der Waals surface area contributed by atoms with Gasteiger partial charge in [-0.05, 0) is 35.9 Å². The molecule has 0 saturated heterocycles. The van der Waals surface area contributed by atoms with Gasteiger partial charge in [0.1, 0.15) is 25.6 Å². The molecule has 1 heterocycles. The Labute approximate surface area is 204 Å². The van der Waals surface area contributed by atoms with E-state index >= 15 is 0 Å². The molecule has 0 aliphatic heterocycles. The summed E-state index contributed by atoms with van der Waals surface area (Å²) in [5, 5.41) is 9.94. The van der Waals surface area contributed by atoms with E-state index in [-0.39, 0.29) is 14.2 Å². The summed E-state index contributed by atoms with van der Waals surface area (Å²) in [6, 6.07) is 8.58. The van der Waals surface area contributed by atoms with Gasteiger partial charge < -0.3 is 20.3 Å². The van der Waals surface area contributed by atoms with Crippen LogP contribution in [0.3, 0.4) is 0 Å². The predicted molar refractivity (Wildman–Crippen MR) is 121 cm³/mol. The second-order valence-corrected chi connectivity index (χ2v) is 10.3. The molecule has 0 atom stereocenters. The quantitative estimate of drug-likeness (QED) is 0.232. The Morgan fingerprint density at radius 2 is 1.83 bits per heavy atom. The maximum Gasteiger partial charge on any atom is 0.491 e. The molecule has 9 nitrogen and oxygen atoms in total. The number of benzene rings is 2. The van der Waals surface area contributed by atoms with Crippen LogP contribution in [0.2, 0.25) is 4.34 Å². The number of rotatable bonds is 6. The Hall–Kier alpha value is -3.49. The number of methoxy groups -OCH3 is 1. The largest absolute Gasteiger partial charge is 0.507 e. The van der Waals surface area contributed by atoms with Crippen LogP contribution < -0.4 is 15.2 Å². The van der Waals surface area contributed by atoms with Crippen LogP contribution in [-0.4, -0.2) is 38.7 Å². The van der Waals surface area contributed by atoms with E-state index in [1.54, 1.807) is 18.2 Å². The van der Waals surface area contributed by atoms with Crippen molar-refractivity contribution in [1.82, 2.24) is 0 Å². The maximum absolute atomic E-state index is 12.8. The number of alkyl halides is 3. The zero-order valence-corrected chi connectivity index (χ0v) is 19.7. The number of phenolic OH excluding ortho intramolecular Hbond substituents is 1. The van der Waals surface area contributed by atoms with E-state index < -0.39 is 39.5 Å². The first-order valence-corrected chi connectivity index (χ1v) is 11.8. The molecule has 3 aromatic rings. The van der Waals surface area contributed by atoms with Crippen LogP contribution >= 0.6 is 22.9 Å². The highest BCUT2D eigenvalue weighted by Crippen LogP contribution is 2.40. The number of phenols is 1. The van der Waals surface area contributed by atoms with Crippen LogP contribution in [0.25, 0.3) is 11.1 Å². The maximum atomic E-state index is 12.8. The molecule has 0 radical (unpaired) electrons. The number of sulfonamides is 1. The normalized spacial score (nSPS) is 11.7. The Kier molecular flexibility index (Phi) is 7.19. The number of hydrogen-bond acceptors (Lipinski definition) is 9. The highest BCUT2D eigenvalue weighted by atomic mass is 35.5. The van der Waals surface area contributed by atoms with Crippen LogP contribution in [0.1, 0.15) is 10.4 Å². The number of anilines is 2. The van der Waals surface area contributed by atoms with E-state index in [2.05, 4.69) is 9.46 Å². The number of nitrogens with two attached hydrogens (primary N) is 1. The third-order valence-corrected chi connectivity index (χ3v) is 7.57. The summed E-state index contributed by atoms with van der Waals surface area (Å²) in [6.07, 6.45) is -5.42. The minimum Gasteiger partial charge on any atom is -0.507 e. The van der Waals surface area contributed by atoms with Crippen molar-refractivity contribution in [2.75, 3.05) is 17.6 Å². The molecule has 0 unspecified atom stereocenters. The fourth-order valence-corrected chi connectivity index (χ4v) is 5.56. The van der Waals surface area contributed by atoms with E-state index in [1.165, 1.54) is 13.2 Å². The van der Waals surface area contributed by atoms with Crippen molar-refractivity contribution in [3.63, 3.8) is 0 Å². The molecule has 2 aromatic carbocycles. The van der Waals surface area contributed by atoms with Crippen molar-refractivity contribution >= 4 is 56.3 Å². The third kappa shape index (κ3) is 5.78. The summed E-state index contributed by atoms with van der Waals surface area (Å²) >= 11 is 6.96. The molecule has 0 aliphatic carbocycles. The molecule has 1 aromatic heterocycles. The number of thiophene rings is 1. The first-order chi connectivity index (χ1) is 16.2. The molecule has 15 heteroatoms. The van der Waals surface area contributed by atoms with E-state index in [0.29, 0.717) is 22.6 Å². The van der Waals surface area contributed by atoms with E-state index in [9.17, 15) is 36.3 Å². The van der Waals surface area contributed by atoms with E-state index in [4.69, 9.17) is 22.1 Å². The van der Waals surface area contributed by atoms with Gasteiger partial charge in [0, 0.05) is 11.6 Å². The average molecular weight is 551 g/mol. The molecule has 0 saturated carbocycles. The smallest absolute Gasteiger partial charge is 0.491 e. The standard InChI is InChI=1S/C20H14ClF3N2O7S2/c1-32-15-5-2-9(6-13(15)25)12-8-16(34-17(12)21)35(30,31)26-10-3-4-11(14(27)7-10)18(28)33-19(29)20(22,23)24/h2-8,26-27H,25H2,1H3. The number of ether oxygens (including phenoxy) is 2. The second kappa shape index (κ2) is 9.64. The van der Waals surface area contributed by atoms with Gasteiger partial charge in [-0.3, -0.25) is 4.72 Å². The molecule has 186 valence electrons. The van der Waals surface area contributed by atoms with Gasteiger partial charge in [-0.25, -0.2) is 18.0 Å². The fourth-order valence-electron chi connectivity index (χ4n) is 2.75. The van der Waals surface area contributed by atoms with Crippen molar-refractivity contribution < 1.29 is 45.8 Å². The minimum absolute atomic E-state index is 0.144. The molecule has 0 amide bonds. The van der Waals surface area contributed by atoms with Crippen molar-refractivity contribution in [2.24, 2.45) is 0 Å². The number of halogens is 4. The van der Waals surface area contributed by atoms with Crippen LogP contribution in [0.4, 0.5) is 24.5 Å². The summed E-state index contributed by atoms with van der Waals surface area (Å²) in [4.78, 5) is 22.5. The van der Waals surface area contributed by atoms with Crippen LogP contribution in [0.15, 0.2) is 46.7 Å². The van der Waals surface area contributed by atoms with Gasteiger partial charge >= 0.3 is 18.1 Å². The SMILES string of the molecule is COc1ccc(-c2cc(S(=O)(=O)Nc3ccc(C(=O)OC(=O)C(F)(F)F)c(O)c3)sc2Cl)cc1N. The third-order valence-electron chi connectivity index (χ3n) is 4.36. The van der Waals surface area contributed by atoms with E-state index in [1.807, 2.05) is 0 Å². The van der Waals surface area contributed by atoms with Crippen molar-refractivity contribution in [3.05, 3.63) is 52.4 Å². The second-order valence-electron chi connectivity index (χ2n) is 6.72. The van der Waals surface area contributed by atoms with Gasteiger partial charge in [0.05, 0.1) is 18.5 Å². The Morgan fingerprint density at radius 3 is 2.40 bits per heavy atom. The zero-order chi connectivity index (χ0) is 26.1. The van der Waals surface area contributed by atoms with Crippen LogP contribution in [0, 0.1) is 0 Å². The van der Waals surface area contributed by atoms with Crippen molar-refractivity contribution in [3.8, 4) is 22.6 Å². The summed E-state index contributed by atoms with van der Waals surface area (Å²) in [5.41, 5.74) is 6.07.